The van der Waals surface area contributed by atoms with Crippen LogP contribution in [0.2, 0.25) is 0 Å². The number of hydrogen-bond acceptors (Lipinski definition) is 3. The van der Waals surface area contributed by atoms with Gasteiger partial charge < -0.3 is 11.1 Å². The molecule has 0 aromatic rings. The average molecular weight is 227 g/mol. The smallest absolute Gasteiger partial charge is 0.237 e. The molecule has 1 aliphatic rings. The summed E-state index contributed by atoms with van der Waals surface area (Å²) in [5.41, 5.74) is 5.77. The van der Waals surface area contributed by atoms with Crippen molar-refractivity contribution >= 4 is 5.91 Å². The maximum Gasteiger partial charge on any atom is 0.237 e. The Balaban J connectivity index is 2.25. The molecule has 1 fully saturated rings. The van der Waals surface area contributed by atoms with Crippen LogP contribution in [0.25, 0.3) is 0 Å². The van der Waals surface area contributed by atoms with Crippen LogP contribution >= 0.6 is 0 Å². The van der Waals surface area contributed by atoms with Crippen LogP contribution in [-0.2, 0) is 4.79 Å². The Kier molecular flexibility index (Phi) is 5.22. The minimum absolute atomic E-state index is 0.0268. The Morgan fingerprint density at radius 2 is 1.88 bits per heavy atom. The van der Waals surface area contributed by atoms with Crippen LogP contribution in [0.1, 0.15) is 33.6 Å². The number of rotatable bonds is 5. The highest BCUT2D eigenvalue weighted by Crippen LogP contribution is 2.10. The molecule has 3 N–H and O–H groups in total. The molecule has 1 amide bonds. The lowest BCUT2D eigenvalue weighted by Crippen LogP contribution is -2.48. The lowest BCUT2D eigenvalue weighted by Gasteiger charge is -2.25. The molecule has 0 aromatic heterocycles. The molecule has 94 valence electrons. The molecule has 4 heteroatoms. The van der Waals surface area contributed by atoms with Crippen molar-refractivity contribution in [1.82, 2.24) is 10.2 Å². The van der Waals surface area contributed by atoms with Crippen LogP contribution in [0, 0.1) is 5.92 Å². The summed E-state index contributed by atoms with van der Waals surface area (Å²) in [5, 5.41) is 2.93. The van der Waals surface area contributed by atoms with Gasteiger partial charge in [0.05, 0.1) is 6.04 Å². The number of likely N-dealkylation sites (tertiary alicyclic amines) is 1. The highest BCUT2D eigenvalue weighted by molar-refractivity contribution is 5.81. The highest BCUT2D eigenvalue weighted by Gasteiger charge is 2.21. The molecule has 4 nitrogen and oxygen atoms in total. The third kappa shape index (κ3) is 3.76. The number of hydrogen-bond donors (Lipinski definition) is 2. The lowest BCUT2D eigenvalue weighted by molar-refractivity contribution is -0.123. The molecule has 1 saturated heterocycles. The number of nitrogens with two attached hydrogens (primary N) is 1. The average Bonchev–Trinajstić information content (AvgIpc) is 2.77. The van der Waals surface area contributed by atoms with Crippen molar-refractivity contribution in [2.75, 3.05) is 19.6 Å². The van der Waals surface area contributed by atoms with Gasteiger partial charge in [-0.1, -0.05) is 13.8 Å². The van der Waals surface area contributed by atoms with E-state index in [4.69, 9.17) is 5.73 Å². The molecule has 0 spiro atoms. The maximum atomic E-state index is 11.6. The first kappa shape index (κ1) is 13.5. The fraction of sp³-hybridized carbons (Fsp3) is 0.917. The maximum absolute atomic E-state index is 11.6. The zero-order valence-electron chi connectivity index (χ0n) is 10.7. The molecule has 1 unspecified atom stereocenters. The minimum Gasteiger partial charge on any atom is -0.353 e. The SMILES string of the molecule is CC(C)[C@@H](N)C(=O)NCC(C)N1CCCC1. The molecule has 1 rings (SSSR count). The van der Waals surface area contributed by atoms with E-state index in [1.807, 2.05) is 13.8 Å². The third-order valence-electron chi connectivity index (χ3n) is 3.36. The second-order valence-corrected chi connectivity index (χ2v) is 5.11. The second-order valence-electron chi connectivity index (χ2n) is 5.11. The lowest BCUT2D eigenvalue weighted by atomic mass is 10.1. The fourth-order valence-corrected chi connectivity index (χ4v) is 1.98. The van der Waals surface area contributed by atoms with Crippen LogP contribution in [0.4, 0.5) is 0 Å². The predicted octanol–water partition coefficient (Wildman–Crippen LogP) is 0.570. The van der Waals surface area contributed by atoms with Gasteiger partial charge in [-0.3, -0.25) is 9.69 Å². The molecular weight excluding hydrogens is 202 g/mol. The van der Waals surface area contributed by atoms with Crippen molar-refractivity contribution in [3.63, 3.8) is 0 Å². The number of carbonyl (C=O) groups excluding carboxylic acids is 1. The van der Waals surface area contributed by atoms with E-state index < -0.39 is 0 Å². The topological polar surface area (TPSA) is 58.4 Å². The summed E-state index contributed by atoms with van der Waals surface area (Å²) < 4.78 is 0. The van der Waals surface area contributed by atoms with E-state index >= 15 is 0 Å². The highest BCUT2D eigenvalue weighted by atomic mass is 16.2. The van der Waals surface area contributed by atoms with Gasteiger partial charge in [0, 0.05) is 12.6 Å². The summed E-state index contributed by atoms with van der Waals surface area (Å²) >= 11 is 0. The number of carbonyl (C=O) groups is 1. The summed E-state index contributed by atoms with van der Waals surface area (Å²) in [4.78, 5) is 14.1. The van der Waals surface area contributed by atoms with Crippen molar-refractivity contribution in [3.8, 4) is 0 Å². The van der Waals surface area contributed by atoms with Gasteiger partial charge >= 0.3 is 0 Å². The third-order valence-corrected chi connectivity index (χ3v) is 3.36. The summed E-state index contributed by atoms with van der Waals surface area (Å²) in [6.45, 7) is 9.12. The summed E-state index contributed by atoms with van der Waals surface area (Å²) in [6, 6.07) is 0.0385. The van der Waals surface area contributed by atoms with E-state index in [9.17, 15) is 4.79 Å². The van der Waals surface area contributed by atoms with Crippen LogP contribution in [-0.4, -0.2) is 42.5 Å². The van der Waals surface area contributed by atoms with Crippen LogP contribution in [0.5, 0.6) is 0 Å². The standard InChI is InChI=1S/C12H25N3O/c1-9(2)11(13)12(16)14-8-10(3)15-6-4-5-7-15/h9-11H,4-8,13H2,1-3H3,(H,14,16)/t10?,11-/m1/s1. The zero-order chi connectivity index (χ0) is 12.1. The second kappa shape index (κ2) is 6.21. The van der Waals surface area contributed by atoms with Crippen molar-refractivity contribution < 1.29 is 4.79 Å². The van der Waals surface area contributed by atoms with Gasteiger partial charge in [-0.2, -0.15) is 0 Å². The molecule has 0 saturated carbocycles. The zero-order valence-corrected chi connectivity index (χ0v) is 10.7. The molecule has 0 radical (unpaired) electrons. The molecule has 16 heavy (non-hydrogen) atoms. The van der Waals surface area contributed by atoms with Gasteiger partial charge in [-0.25, -0.2) is 0 Å². The van der Waals surface area contributed by atoms with Gasteiger partial charge in [0.1, 0.15) is 0 Å². The molecule has 1 heterocycles. The van der Waals surface area contributed by atoms with Crippen molar-refractivity contribution in [1.29, 1.82) is 0 Å². The normalized spacial score (nSPS) is 21.1. The van der Waals surface area contributed by atoms with E-state index in [-0.39, 0.29) is 17.9 Å². The van der Waals surface area contributed by atoms with Gasteiger partial charge in [0.25, 0.3) is 0 Å². The molecule has 0 aliphatic carbocycles. The predicted molar refractivity (Wildman–Crippen MR) is 66.1 cm³/mol. The van der Waals surface area contributed by atoms with E-state index in [2.05, 4.69) is 17.1 Å². The number of nitrogens with zero attached hydrogens (tertiary/aromatic N) is 1. The molecular formula is C12H25N3O. The first-order chi connectivity index (χ1) is 7.52. The van der Waals surface area contributed by atoms with Gasteiger partial charge in [0.2, 0.25) is 5.91 Å². The van der Waals surface area contributed by atoms with Gasteiger partial charge in [-0.15, -0.1) is 0 Å². The van der Waals surface area contributed by atoms with Gasteiger partial charge in [-0.05, 0) is 38.8 Å². The Hall–Kier alpha value is -0.610. The summed E-state index contributed by atoms with van der Waals surface area (Å²) in [7, 11) is 0. The molecule has 1 aliphatic heterocycles. The van der Waals surface area contributed by atoms with E-state index in [0.29, 0.717) is 12.6 Å². The Morgan fingerprint density at radius 3 is 2.38 bits per heavy atom. The van der Waals surface area contributed by atoms with Gasteiger partial charge in [0.15, 0.2) is 0 Å². The Labute approximate surface area is 98.6 Å². The fourth-order valence-electron chi connectivity index (χ4n) is 1.98. The van der Waals surface area contributed by atoms with E-state index in [1.165, 1.54) is 12.8 Å². The van der Waals surface area contributed by atoms with Crippen LogP contribution in [0.15, 0.2) is 0 Å². The molecule has 2 atom stereocenters. The number of nitrogens with one attached hydrogen (secondary N) is 1. The molecule has 0 aromatic carbocycles. The summed E-state index contributed by atoms with van der Waals surface area (Å²) in [6.07, 6.45) is 2.56. The van der Waals surface area contributed by atoms with Crippen molar-refractivity contribution in [2.45, 2.75) is 45.7 Å². The monoisotopic (exact) mass is 227 g/mol. The summed E-state index contributed by atoms with van der Waals surface area (Å²) in [5.74, 6) is 0.170. The quantitative estimate of drug-likeness (QED) is 0.722. The van der Waals surface area contributed by atoms with E-state index in [1.54, 1.807) is 0 Å². The van der Waals surface area contributed by atoms with Crippen molar-refractivity contribution in [2.24, 2.45) is 11.7 Å². The Bertz CT molecular complexity index is 224. The van der Waals surface area contributed by atoms with Crippen molar-refractivity contribution in [3.05, 3.63) is 0 Å². The Morgan fingerprint density at radius 1 is 1.31 bits per heavy atom. The van der Waals surface area contributed by atoms with Crippen LogP contribution in [0.3, 0.4) is 0 Å². The van der Waals surface area contributed by atoms with Crippen LogP contribution < -0.4 is 11.1 Å². The number of amides is 1. The molecule has 0 bridgehead atoms. The first-order valence-corrected chi connectivity index (χ1v) is 6.29. The first-order valence-electron chi connectivity index (χ1n) is 6.29. The minimum atomic E-state index is -0.384. The largest absolute Gasteiger partial charge is 0.353 e. The van der Waals surface area contributed by atoms with E-state index in [0.717, 1.165) is 13.1 Å².